The molecule has 20 heavy (non-hydrogen) atoms. The average molecular weight is 281 g/mol. The van der Waals surface area contributed by atoms with Crippen LogP contribution >= 0.6 is 0 Å². The van der Waals surface area contributed by atoms with E-state index in [1.807, 2.05) is 4.90 Å². The van der Waals surface area contributed by atoms with E-state index in [9.17, 15) is 9.90 Å². The number of aliphatic hydroxyl groups is 1. The summed E-state index contributed by atoms with van der Waals surface area (Å²) in [4.78, 5) is 14.7. The van der Waals surface area contributed by atoms with Crippen molar-refractivity contribution in [1.29, 1.82) is 0 Å². The molecule has 0 aromatic heterocycles. The lowest BCUT2D eigenvalue weighted by Crippen LogP contribution is -2.55. The van der Waals surface area contributed by atoms with Crippen LogP contribution in [0.25, 0.3) is 0 Å². The molecular formula is C17H31NO2. The fraction of sp³-hybridized carbons (Fsp3) is 0.941. The summed E-state index contributed by atoms with van der Waals surface area (Å²) in [6.07, 6.45) is 9.45. The summed E-state index contributed by atoms with van der Waals surface area (Å²) in [5.41, 5.74) is -0.472. The van der Waals surface area contributed by atoms with Crippen molar-refractivity contribution in [2.24, 2.45) is 11.8 Å². The Kier molecular flexibility index (Phi) is 5.48. The Morgan fingerprint density at radius 1 is 1.35 bits per heavy atom. The van der Waals surface area contributed by atoms with Gasteiger partial charge in [0.25, 0.3) is 0 Å². The molecule has 1 N–H and O–H groups in total. The van der Waals surface area contributed by atoms with Crippen LogP contribution in [0.15, 0.2) is 0 Å². The van der Waals surface area contributed by atoms with E-state index >= 15 is 0 Å². The van der Waals surface area contributed by atoms with Crippen molar-refractivity contribution in [3.05, 3.63) is 0 Å². The van der Waals surface area contributed by atoms with E-state index in [2.05, 4.69) is 13.8 Å². The highest BCUT2D eigenvalue weighted by Gasteiger charge is 2.44. The van der Waals surface area contributed by atoms with Crippen molar-refractivity contribution in [2.75, 3.05) is 13.1 Å². The maximum atomic E-state index is 12.7. The van der Waals surface area contributed by atoms with Gasteiger partial charge in [0.2, 0.25) is 5.91 Å². The molecule has 3 atom stereocenters. The molecule has 0 bridgehead atoms. The second-order valence-electron chi connectivity index (χ2n) is 6.83. The van der Waals surface area contributed by atoms with Crippen molar-refractivity contribution in [1.82, 2.24) is 4.90 Å². The van der Waals surface area contributed by atoms with Crippen LogP contribution in [0.1, 0.15) is 71.6 Å². The molecule has 2 fully saturated rings. The summed E-state index contributed by atoms with van der Waals surface area (Å²) in [6, 6.07) is 0. The van der Waals surface area contributed by atoms with Gasteiger partial charge in [-0.1, -0.05) is 39.5 Å². The Labute approximate surface area is 123 Å². The summed E-state index contributed by atoms with van der Waals surface area (Å²) in [7, 11) is 0. The van der Waals surface area contributed by atoms with E-state index in [0.29, 0.717) is 11.8 Å². The summed E-state index contributed by atoms with van der Waals surface area (Å²) in [6.45, 7) is 5.85. The average Bonchev–Trinajstić information content (AvgIpc) is 2.46. The Morgan fingerprint density at radius 2 is 2.15 bits per heavy atom. The van der Waals surface area contributed by atoms with Gasteiger partial charge < -0.3 is 10.0 Å². The van der Waals surface area contributed by atoms with Gasteiger partial charge in [0.15, 0.2) is 0 Å². The highest BCUT2D eigenvalue weighted by atomic mass is 16.3. The maximum absolute atomic E-state index is 12.7. The SMILES string of the molecule is CCCCC(CC)C(=O)N1CCC2(O)CCCCC2C1. The molecule has 0 aromatic carbocycles. The van der Waals surface area contributed by atoms with Gasteiger partial charge in [-0.15, -0.1) is 0 Å². The third kappa shape index (κ3) is 3.36. The van der Waals surface area contributed by atoms with Crippen molar-refractivity contribution in [2.45, 2.75) is 77.2 Å². The molecule has 3 heteroatoms. The molecule has 3 nitrogen and oxygen atoms in total. The Hall–Kier alpha value is -0.570. The molecule has 116 valence electrons. The standard InChI is InChI=1S/C17H31NO2/c1-3-5-8-14(4-2)16(19)18-12-11-17(20)10-7-6-9-15(17)13-18/h14-15,20H,3-13H2,1-2H3. The quantitative estimate of drug-likeness (QED) is 0.839. The molecular weight excluding hydrogens is 250 g/mol. The monoisotopic (exact) mass is 281 g/mol. The number of unbranched alkanes of at least 4 members (excludes halogenated alkanes) is 1. The van der Waals surface area contributed by atoms with Crippen LogP contribution in [0.3, 0.4) is 0 Å². The number of amides is 1. The largest absolute Gasteiger partial charge is 0.389 e. The molecule has 1 heterocycles. The number of fused-ring (bicyclic) bond motifs is 1. The van der Waals surface area contributed by atoms with Gasteiger partial charge in [0, 0.05) is 24.9 Å². The van der Waals surface area contributed by atoms with Gasteiger partial charge in [-0.25, -0.2) is 0 Å². The minimum atomic E-state index is -0.472. The van der Waals surface area contributed by atoms with Crippen LogP contribution in [0.5, 0.6) is 0 Å². The predicted molar refractivity (Wildman–Crippen MR) is 81.4 cm³/mol. The van der Waals surface area contributed by atoms with Crippen LogP contribution in [0, 0.1) is 11.8 Å². The third-order valence-corrected chi connectivity index (χ3v) is 5.49. The van der Waals surface area contributed by atoms with Gasteiger partial charge in [-0.2, -0.15) is 0 Å². The van der Waals surface area contributed by atoms with Gasteiger partial charge in [-0.05, 0) is 32.1 Å². The van der Waals surface area contributed by atoms with E-state index in [4.69, 9.17) is 0 Å². The van der Waals surface area contributed by atoms with E-state index in [0.717, 1.165) is 64.5 Å². The first-order valence-electron chi connectivity index (χ1n) is 8.62. The molecule has 0 radical (unpaired) electrons. The third-order valence-electron chi connectivity index (χ3n) is 5.49. The lowest BCUT2D eigenvalue weighted by Gasteiger charge is -2.48. The Bertz CT molecular complexity index is 331. The van der Waals surface area contributed by atoms with Crippen molar-refractivity contribution < 1.29 is 9.90 Å². The molecule has 0 spiro atoms. The molecule has 1 saturated carbocycles. The lowest BCUT2D eigenvalue weighted by atomic mass is 9.71. The summed E-state index contributed by atoms with van der Waals surface area (Å²) >= 11 is 0. The van der Waals surface area contributed by atoms with Crippen LogP contribution in [0.2, 0.25) is 0 Å². The highest BCUT2D eigenvalue weighted by molar-refractivity contribution is 5.79. The maximum Gasteiger partial charge on any atom is 0.225 e. The number of carbonyl (C=O) groups is 1. The summed E-state index contributed by atoms with van der Waals surface area (Å²) in [5.74, 6) is 0.857. The van der Waals surface area contributed by atoms with Crippen LogP contribution in [0.4, 0.5) is 0 Å². The number of carbonyl (C=O) groups excluding carboxylic acids is 1. The normalized spacial score (nSPS) is 31.8. The highest BCUT2D eigenvalue weighted by Crippen LogP contribution is 2.40. The fourth-order valence-electron chi connectivity index (χ4n) is 3.98. The first-order valence-corrected chi connectivity index (χ1v) is 8.62. The zero-order valence-corrected chi connectivity index (χ0v) is 13.2. The fourth-order valence-corrected chi connectivity index (χ4v) is 3.98. The second kappa shape index (κ2) is 6.93. The zero-order valence-electron chi connectivity index (χ0n) is 13.2. The number of hydrogen-bond acceptors (Lipinski definition) is 2. The number of rotatable bonds is 5. The molecule has 1 aliphatic heterocycles. The summed E-state index contributed by atoms with van der Waals surface area (Å²) < 4.78 is 0. The molecule has 1 aliphatic carbocycles. The van der Waals surface area contributed by atoms with Gasteiger partial charge in [0.05, 0.1) is 5.60 Å². The van der Waals surface area contributed by atoms with Crippen LogP contribution in [-0.2, 0) is 4.79 Å². The van der Waals surface area contributed by atoms with E-state index in [1.165, 1.54) is 6.42 Å². The molecule has 2 rings (SSSR count). The zero-order chi connectivity index (χ0) is 14.6. The van der Waals surface area contributed by atoms with Gasteiger partial charge in [-0.3, -0.25) is 4.79 Å². The molecule has 1 amide bonds. The number of piperidine rings is 1. The minimum Gasteiger partial charge on any atom is -0.389 e. The number of nitrogens with zero attached hydrogens (tertiary/aromatic N) is 1. The van der Waals surface area contributed by atoms with Gasteiger partial charge in [0.1, 0.15) is 0 Å². The second-order valence-corrected chi connectivity index (χ2v) is 6.83. The Morgan fingerprint density at radius 3 is 2.85 bits per heavy atom. The van der Waals surface area contributed by atoms with Gasteiger partial charge >= 0.3 is 0 Å². The Balaban J connectivity index is 1.94. The minimum absolute atomic E-state index is 0.199. The molecule has 3 unspecified atom stereocenters. The van der Waals surface area contributed by atoms with E-state index < -0.39 is 5.60 Å². The molecule has 2 aliphatic rings. The van der Waals surface area contributed by atoms with Crippen molar-refractivity contribution in [3.63, 3.8) is 0 Å². The topological polar surface area (TPSA) is 40.5 Å². The van der Waals surface area contributed by atoms with E-state index in [1.54, 1.807) is 0 Å². The molecule has 0 aromatic rings. The van der Waals surface area contributed by atoms with Crippen molar-refractivity contribution in [3.8, 4) is 0 Å². The first kappa shape index (κ1) is 15.8. The van der Waals surface area contributed by atoms with Crippen LogP contribution < -0.4 is 0 Å². The number of hydrogen-bond donors (Lipinski definition) is 1. The number of likely N-dealkylation sites (tertiary alicyclic amines) is 1. The smallest absolute Gasteiger partial charge is 0.225 e. The lowest BCUT2D eigenvalue weighted by molar-refractivity contribution is -0.147. The predicted octanol–water partition coefficient (Wildman–Crippen LogP) is 3.36. The van der Waals surface area contributed by atoms with Crippen molar-refractivity contribution >= 4 is 5.91 Å². The summed E-state index contributed by atoms with van der Waals surface area (Å²) in [5, 5.41) is 10.7. The van der Waals surface area contributed by atoms with E-state index in [-0.39, 0.29) is 5.92 Å². The molecule has 1 saturated heterocycles. The van der Waals surface area contributed by atoms with Crippen LogP contribution in [-0.4, -0.2) is 34.6 Å². The first-order chi connectivity index (χ1) is 9.60.